The van der Waals surface area contributed by atoms with Gasteiger partial charge in [-0.15, -0.1) is 0 Å². The molecule has 4 heteroatoms. The lowest BCUT2D eigenvalue weighted by Gasteiger charge is -2.35. The molecule has 0 spiro atoms. The van der Waals surface area contributed by atoms with E-state index >= 15 is 0 Å². The zero-order valence-corrected chi connectivity index (χ0v) is 10.8. The summed E-state index contributed by atoms with van der Waals surface area (Å²) in [5.41, 5.74) is 0.213. The molecule has 0 aromatic heterocycles. The van der Waals surface area contributed by atoms with Crippen LogP contribution in [-0.2, 0) is 14.0 Å². The van der Waals surface area contributed by atoms with Crippen molar-refractivity contribution in [1.82, 2.24) is 0 Å². The quantitative estimate of drug-likeness (QED) is 0.661. The lowest BCUT2D eigenvalue weighted by atomic mass is 9.88. The highest BCUT2D eigenvalue weighted by Gasteiger charge is 2.37. The molecule has 0 bridgehead atoms. The fraction of sp³-hybridized carbons (Fsp3) is 1.00. The van der Waals surface area contributed by atoms with Crippen molar-refractivity contribution < 1.29 is 14.0 Å². The predicted octanol–water partition coefficient (Wildman–Crippen LogP) is 2.50. The molecule has 0 saturated carbocycles. The van der Waals surface area contributed by atoms with Crippen molar-refractivity contribution in [2.45, 2.75) is 47.6 Å². The van der Waals surface area contributed by atoms with Crippen LogP contribution < -0.4 is 0 Å². The molecule has 1 heterocycles. The maximum absolute atomic E-state index is 5.70. The molecule has 0 aliphatic carbocycles. The molecule has 1 aliphatic heterocycles. The minimum absolute atomic E-state index is 0.102. The van der Waals surface area contributed by atoms with Gasteiger partial charge in [0.1, 0.15) is 0 Å². The van der Waals surface area contributed by atoms with Gasteiger partial charge < -0.3 is 14.0 Å². The molecule has 1 rings (SSSR count). The summed E-state index contributed by atoms with van der Waals surface area (Å²) in [6.45, 7) is 14.1. The predicted molar refractivity (Wildman–Crippen MR) is 61.4 cm³/mol. The first kappa shape index (κ1) is 13.0. The Labute approximate surface area is 93.7 Å². The van der Waals surface area contributed by atoms with Gasteiger partial charge in [0.2, 0.25) is 0 Å². The Morgan fingerprint density at radius 3 is 2.07 bits per heavy atom. The summed E-state index contributed by atoms with van der Waals surface area (Å²) in [4.78, 5) is 0. The monoisotopic (exact) mass is 214 g/mol. The van der Waals surface area contributed by atoms with Crippen molar-refractivity contribution >= 4 is 7.32 Å². The van der Waals surface area contributed by atoms with Crippen LogP contribution in [0.3, 0.4) is 0 Å². The van der Waals surface area contributed by atoms with E-state index in [1.807, 2.05) is 6.92 Å². The summed E-state index contributed by atoms with van der Waals surface area (Å²) in [5, 5.41) is 0. The van der Waals surface area contributed by atoms with Crippen LogP contribution in [0.1, 0.15) is 41.5 Å². The fourth-order valence-electron chi connectivity index (χ4n) is 1.13. The van der Waals surface area contributed by atoms with Gasteiger partial charge in [0.25, 0.3) is 0 Å². The summed E-state index contributed by atoms with van der Waals surface area (Å²) in [6.07, 6.45) is 0.115. The van der Waals surface area contributed by atoms with Gasteiger partial charge in [-0.1, -0.05) is 34.6 Å². The number of rotatable bonds is 2. The minimum Gasteiger partial charge on any atom is -0.385 e. The lowest BCUT2D eigenvalue weighted by Crippen LogP contribution is -2.45. The number of hydrogen-bond donors (Lipinski definition) is 0. The molecule has 1 fully saturated rings. The molecule has 15 heavy (non-hydrogen) atoms. The lowest BCUT2D eigenvalue weighted by molar-refractivity contribution is -0.0472. The zero-order chi connectivity index (χ0) is 11.7. The molecule has 88 valence electrons. The van der Waals surface area contributed by atoms with E-state index in [0.29, 0.717) is 13.2 Å². The summed E-state index contributed by atoms with van der Waals surface area (Å²) < 4.78 is 16.7. The van der Waals surface area contributed by atoms with E-state index in [2.05, 4.69) is 34.6 Å². The van der Waals surface area contributed by atoms with Gasteiger partial charge in [-0.25, -0.2) is 0 Å². The molecule has 1 aliphatic rings. The molecule has 3 nitrogen and oxygen atoms in total. The van der Waals surface area contributed by atoms with Crippen molar-refractivity contribution in [3.8, 4) is 0 Å². The molecule has 1 atom stereocenters. The summed E-state index contributed by atoms with van der Waals surface area (Å²) in [7, 11) is -0.493. The standard InChI is InChI=1S/C11H23BO3/c1-9(10(2,3)4)15-12-13-7-11(5,6)8-14-12/h9H,7-8H2,1-6H3. The van der Waals surface area contributed by atoms with Gasteiger partial charge in [0.05, 0.1) is 0 Å². The van der Waals surface area contributed by atoms with Gasteiger partial charge in [-0.2, -0.15) is 0 Å². The average molecular weight is 214 g/mol. The Bertz CT molecular complexity index is 200. The van der Waals surface area contributed by atoms with Crippen LogP contribution >= 0.6 is 0 Å². The molecule has 0 N–H and O–H groups in total. The maximum atomic E-state index is 5.70. The largest absolute Gasteiger partial charge is 0.639 e. The van der Waals surface area contributed by atoms with Gasteiger partial charge in [-0.05, 0) is 12.3 Å². The Balaban J connectivity index is 2.36. The van der Waals surface area contributed by atoms with E-state index in [-0.39, 0.29) is 16.9 Å². The second-order valence-electron chi connectivity index (χ2n) is 6.22. The van der Waals surface area contributed by atoms with E-state index in [1.54, 1.807) is 0 Å². The SMILES string of the molecule is CC(OB1OCC(C)(C)CO1)C(C)(C)C. The third kappa shape index (κ3) is 4.13. The van der Waals surface area contributed by atoms with E-state index in [9.17, 15) is 0 Å². The molecule has 0 radical (unpaired) electrons. The summed E-state index contributed by atoms with van der Waals surface area (Å²) in [5.74, 6) is 0. The summed E-state index contributed by atoms with van der Waals surface area (Å²) in [6, 6.07) is 0. The fourth-order valence-corrected chi connectivity index (χ4v) is 1.13. The summed E-state index contributed by atoms with van der Waals surface area (Å²) >= 11 is 0. The smallest absolute Gasteiger partial charge is 0.385 e. The Kier molecular flexibility index (Phi) is 3.85. The first-order chi connectivity index (χ1) is 6.71. The van der Waals surface area contributed by atoms with Crippen molar-refractivity contribution in [2.24, 2.45) is 10.8 Å². The third-order valence-electron chi connectivity index (χ3n) is 2.76. The van der Waals surface area contributed by atoms with Crippen molar-refractivity contribution in [3.63, 3.8) is 0 Å². The minimum atomic E-state index is -0.493. The highest BCUT2D eigenvalue weighted by atomic mass is 16.7. The van der Waals surface area contributed by atoms with Crippen LogP contribution in [0.5, 0.6) is 0 Å². The first-order valence-corrected chi connectivity index (χ1v) is 5.59. The molecule has 1 unspecified atom stereocenters. The van der Waals surface area contributed by atoms with Crippen molar-refractivity contribution in [1.29, 1.82) is 0 Å². The molecule has 0 amide bonds. The van der Waals surface area contributed by atoms with Crippen LogP contribution in [0.25, 0.3) is 0 Å². The third-order valence-corrected chi connectivity index (χ3v) is 2.76. The Hall–Kier alpha value is -0.0551. The van der Waals surface area contributed by atoms with E-state index in [4.69, 9.17) is 14.0 Å². The Morgan fingerprint density at radius 2 is 1.67 bits per heavy atom. The highest BCUT2D eigenvalue weighted by Crippen LogP contribution is 2.26. The van der Waals surface area contributed by atoms with Gasteiger partial charge in [0, 0.05) is 24.7 Å². The highest BCUT2D eigenvalue weighted by molar-refractivity contribution is 6.36. The normalized spacial score (nSPS) is 24.0. The second kappa shape index (κ2) is 4.44. The molecule has 0 aromatic carbocycles. The molecule has 1 saturated heterocycles. The Morgan fingerprint density at radius 1 is 1.20 bits per heavy atom. The number of hydrogen-bond acceptors (Lipinski definition) is 3. The van der Waals surface area contributed by atoms with Crippen LogP contribution in [0.4, 0.5) is 0 Å². The second-order valence-corrected chi connectivity index (χ2v) is 6.22. The van der Waals surface area contributed by atoms with E-state index in [0.717, 1.165) is 0 Å². The first-order valence-electron chi connectivity index (χ1n) is 5.59. The molecule has 0 aromatic rings. The van der Waals surface area contributed by atoms with E-state index in [1.165, 1.54) is 0 Å². The topological polar surface area (TPSA) is 27.7 Å². The van der Waals surface area contributed by atoms with Crippen LogP contribution in [0.15, 0.2) is 0 Å². The van der Waals surface area contributed by atoms with Crippen LogP contribution in [-0.4, -0.2) is 26.6 Å². The van der Waals surface area contributed by atoms with Crippen molar-refractivity contribution in [3.05, 3.63) is 0 Å². The molecular formula is C11H23BO3. The molecular weight excluding hydrogens is 191 g/mol. The van der Waals surface area contributed by atoms with Gasteiger partial charge in [0.15, 0.2) is 0 Å². The maximum Gasteiger partial charge on any atom is 0.639 e. The van der Waals surface area contributed by atoms with Gasteiger partial charge >= 0.3 is 7.32 Å². The zero-order valence-electron chi connectivity index (χ0n) is 10.8. The van der Waals surface area contributed by atoms with Crippen LogP contribution in [0, 0.1) is 10.8 Å². The van der Waals surface area contributed by atoms with E-state index < -0.39 is 7.32 Å². The van der Waals surface area contributed by atoms with Crippen LogP contribution in [0.2, 0.25) is 0 Å². The average Bonchev–Trinajstić information content (AvgIpc) is 2.07. The van der Waals surface area contributed by atoms with Gasteiger partial charge in [-0.3, -0.25) is 0 Å². The van der Waals surface area contributed by atoms with Crippen molar-refractivity contribution in [2.75, 3.05) is 13.2 Å².